The van der Waals surface area contributed by atoms with E-state index in [1.807, 2.05) is 13.1 Å². The Bertz CT molecular complexity index is 294. The van der Waals surface area contributed by atoms with E-state index in [2.05, 4.69) is 34.4 Å². The summed E-state index contributed by atoms with van der Waals surface area (Å²) in [5, 5.41) is 3.27. The van der Waals surface area contributed by atoms with Gasteiger partial charge in [-0.15, -0.1) is 0 Å². The summed E-state index contributed by atoms with van der Waals surface area (Å²) in [5.74, 6) is 0. The van der Waals surface area contributed by atoms with Crippen molar-refractivity contribution >= 4 is 5.69 Å². The molecule has 3 nitrogen and oxygen atoms in total. The fraction of sp³-hybridized carbons (Fsp3) is 0.500. The van der Waals surface area contributed by atoms with Crippen molar-refractivity contribution in [3.8, 4) is 0 Å². The van der Waals surface area contributed by atoms with E-state index in [-0.39, 0.29) is 0 Å². The number of hydrogen-bond donors (Lipinski definition) is 1. The molecule has 3 heteroatoms. The lowest BCUT2D eigenvalue weighted by Gasteiger charge is -2.37. The zero-order valence-corrected chi connectivity index (χ0v) is 8.12. The van der Waals surface area contributed by atoms with Gasteiger partial charge in [0, 0.05) is 37.7 Å². The SMILES string of the molecule is Cc1cc(N(C)C2CNC2)ccn1. The normalized spacial score (nSPS) is 16.8. The molecule has 0 spiro atoms. The second-order valence-corrected chi connectivity index (χ2v) is 3.58. The second kappa shape index (κ2) is 3.34. The molecule has 0 aliphatic carbocycles. The van der Waals surface area contributed by atoms with Crippen molar-refractivity contribution in [2.75, 3.05) is 25.0 Å². The lowest BCUT2D eigenvalue weighted by molar-refractivity contribution is 0.428. The Balaban J connectivity index is 2.14. The molecular weight excluding hydrogens is 162 g/mol. The molecule has 13 heavy (non-hydrogen) atoms. The summed E-state index contributed by atoms with van der Waals surface area (Å²) in [5.41, 5.74) is 2.34. The molecule has 1 aliphatic rings. The Morgan fingerprint density at radius 3 is 2.85 bits per heavy atom. The molecule has 1 aromatic heterocycles. The Morgan fingerprint density at radius 2 is 2.31 bits per heavy atom. The first-order valence-corrected chi connectivity index (χ1v) is 4.63. The van der Waals surface area contributed by atoms with Gasteiger partial charge in [0.15, 0.2) is 0 Å². The van der Waals surface area contributed by atoms with Crippen LogP contribution < -0.4 is 10.2 Å². The van der Waals surface area contributed by atoms with Crippen LogP contribution in [-0.2, 0) is 0 Å². The summed E-state index contributed by atoms with van der Waals surface area (Å²) < 4.78 is 0. The molecule has 1 saturated heterocycles. The molecule has 0 unspecified atom stereocenters. The molecule has 0 atom stereocenters. The molecule has 2 heterocycles. The lowest BCUT2D eigenvalue weighted by Crippen LogP contribution is -2.56. The number of rotatable bonds is 2. The monoisotopic (exact) mass is 177 g/mol. The lowest BCUT2D eigenvalue weighted by atomic mass is 10.1. The quantitative estimate of drug-likeness (QED) is 0.724. The highest BCUT2D eigenvalue weighted by Gasteiger charge is 2.21. The summed E-state index contributed by atoms with van der Waals surface area (Å²) in [6.07, 6.45) is 1.87. The Morgan fingerprint density at radius 1 is 1.54 bits per heavy atom. The average Bonchev–Trinajstić information content (AvgIpc) is 2.01. The standard InChI is InChI=1S/C10H15N3/c1-8-5-9(3-4-12-8)13(2)10-6-11-7-10/h3-5,10-11H,6-7H2,1-2H3. The second-order valence-electron chi connectivity index (χ2n) is 3.58. The topological polar surface area (TPSA) is 28.2 Å². The molecule has 1 aromatic rings. The maximum absolute atomic E-state index is 4.18. The van der Waals surface area contributed by atoms with Crippen molar-refractivity contribution in [2.24, 2.45) is 0 Å². The van der Waals surface area contributed by atoms with Crippen molar-refractivity contribution in [1.82, 2.24) is 10.3 Å². The van der Waals surface area contributed by atoms with Crippen molar-refractivity contribution < 1.29 is 0 Å². The molecule has 0 bridgehead atoms. The number of pyridine rings is 1. The van der Waals surface area contributed by atoms with Gasteiger partial charge in [0.05, 0.1) is 6.04 Å². The average molecular weight is 177 g/mol. The Hall–Kier alpha value is -1.09. The van der Waals surface area contributed by atoms with Gasteiger partial charge in [-0.1, -0.05) is 0 Å². The van der Waals surface area contributed by atoms with Crippen molar-refractivity contribution in [3.05, 3.63) is 24.0 Å². The number of anilines is 1. The predicted molar refractivity (Wildman–Crippen MR) is 54.0 cm³/mol. The van der Waals surface area contributed by atoms with E-state index in [1.54, 1.807) is 0 Å². The van der Waals surface area contributed by atoms with E-state index in [4.69, 9.17) is 0 Å². The molecule has 1 N–H and O–H groups in total. The fourth-order valence-electron chi connectivity index (χ4n) is 1.51. The highest BCUT2D eigenvalue weighted by atomic mass is 15.2. The van der Waals surface area contributed by atoms with Gasteiger partial charge in [0.2, 0.25) is 0 Å². The summed E-state index contributed by atoms with van der Waals surface area (Å²) in [4.78, 5) is 6.49. The minimum atomic E-state index is 0.654. The smallest absolute Gasteiger partial charge is 0.0535 e. The van der Waals surface area contributed by atoms with Gasteiger partial charge in [-0.05, 0) is 19.1 Å². The summed E-state index contributed by atoms with van der Waals surface area (Å²) in [6, 6.07) is 4.84. The summed E-state index contributed by atoms with van der Waals surface area (Å²) in [6.45, 7) is 4.21. The highest BCUT2D eigenvalue weighted by Crippen LogP contribution is 2.16. The minimum absolute atomic E-state index is 0.654. The van der Waals surface area contributed by atoms with Crippen LogP contribution in [0.3, 0.4) is 0 Å². The Kier molecular flexibility index (Phi) is 2.19. The van der Waals surface area contributed by atoms with Crippen LogP contribution in [0.15, 0.2) is 18.3 Å². The fourth-order valence-corrected chi connectivity index (χ4v) is 1.51. The van der Waals surface area contributed by atoms with Crippen LogP contribution in [0, 0.1) is 6.92 Å². The molecular formula is C10H15N3. The first-order chi connectivity index (χ1) is 6.27. The predicted octanol–water partition coefficient (Wildman–Crippen LogP) is 0.798. The van der Waals surface area contributed by atoms with Gasteiger partial charge < -0.3 is 10.2 Å². The molecule has 70 valence electrons. The third-order valence-electron chi connectivity index (χ3n) is 2.60. The van der Waals surface area contributed by atoms with Gasteiger partial charge in [-0.3, -0.25) is 4.98 Å². The van der Waals surface area contributed by atoms with Gasteiger partial charge in [-0.2, -0.15) is 0 Å². The number of aromatic nitrogens is 1. The number of nitrogens with zero attached hydrogens (tertiary/aromatic N) is 2. The molecule has 1 fully saturated rings. The number of nitrogens with one attached hydrogen (secondary N) is 1. The zero-order chi connectivity index (χ0) is 9.26. The van der Waals surface area contributed by atoms with E-state index in [9.17, 15) is 0 Å². The number of aryl methyl sites for hydroxylation is 1. The zero-order valence-electron chi connectivity index (χ0n) is 8.12. The summed E-state index contributed by atoms with van der Waals surface area (Å²) in [7, 11) is 2.14. The van der Waals surface area contributed by atoms with E-state index in [0.717, 1.165) is 18.8 Å². The van der Waals surface area contributed by atoms with E-state index < -0.39 is 0 Å². The van der Waals surface area contributed by atoms with Gasteiger partial charge in [0.25, 0.3) is 0 Å². The number of hydrogen-bond acceptors (Lipinski definition) is 3. The Labute approximate surface area is 78.8 Å². The van der Waals surface area contributed by atoms with Crippen LogP contribution in [0.25, 0.3) is 0 Å². The van der Waals surface area contributed by atoms with Crippen molar-refractivity contribution in [3.63, 3.8) is 0 Å². The third-order valence-corrected chi connectivity index (χ3v) is 2.60. The minimum Gasteiger partial charge on any atom is -0.369 e. The van der Waals surface area contributed by atoms with Crippen LogP contribution in [0.2, 0.25) is 0 Å². The van der Waals surface area contributed by atoms with E-state index in [1.165, 1.54) is 5.69 Å². The largest absolute Gasteiger partial charge is 0.369 e. The van der Waals surface area contributed by atoms with Crippen molar-refractivity contribution in [1.29, 1.82) is 0 Å². The van der Waals surface area contributed by atoms with Crippen LogP contribution in [0.5, 0.6) is 0 Å². The maximum Gasteiger partial charge on any atom is 0.0535 e. The van der Waals surface area contributed by atoms with Crippen LogP contribution in [0.4, 0.5) is 5.69 Å². The van der Waals surface area contributed by atoms with Gasteiger partial charge in [0.1, 0.15) is 0 Å². The van der Waals surface area contributed by atoms with E-state index in [0.29, 0.717) is 6.04 Å². The maximum atomic E-state index is 4.18. The van der Waals surface area contributed by atoms with Gasteiger partial charge in [-0.25, -0.2) is 0 Å². The third kappa shape index (κ3) is 1.65. The molecule has 0 aromatic carbocycles. The molecule has 0 saturated carbocycles. The van der Waals surface area contributed by atoms with Crippen LogP contribution in [-0.4, -0.2) is 31.2 Å². The number of likely N-dealkylation sites (N-methyl/N-ethyl adjacent to an activating group) is 1. The molecule has 2 rings (SSSR count). The highest BCUT2D eigenvalue weighted by molar-refractivity contribution is 5.47. The molecule has 1 aliphatic heterocycles. The van der Waals surface area contributed by atoms with Crippen molar-refractivity contribution in [2.45, 2.75) is 13.0 Å². The summed E-state index contributed by atoms with van der Waals surface area (Å²) >= 11 is 0. The first-order valence-electron chi connectivity index (χ1n) is 4.63. The van der Waals surface area contributed by atoms with Gasteiger partial charge >= 0.3 is 0 Å². The molecule has 0 radical (unpaired) electrons. The van der Waals surface area contributed by atoms with E-state index >= 15 is 0 Å². The van der Waals surface area contributed by atoms with Crippen LogP contribution in [0.1, 0.15) is 5.69 Å². The first kappa shape index (κ1) is 8.51. The van der Waals surface area contributed by atoms with Crippen LogP contribution >= 0.6 is 0 Å². The molecule has 0 amide bonds.